The molecule has 5 nitrogen and oxygen atoms in total. The topological polar surface area (TPSA) is 50.8 Å². The van der Waals surface area contributed by atoms with E-state index in [2.05, 4.69) is 34.5 Å². The highest BCUT2D eigenvalue weighted by Crippen LogP contribution is 2.32. The van der Waals surface area contributed by atoms with E-state index in [-0.39, 0.29) is 11.8 Å². The number of benzene rings is 2. The van der Waals surface area contributed by atoms with Gasteiger partial charge in [0.25, 0.3) is 0 Å². The molecule has 0 spiro atoms. The molecule has 2 aromatic carbocycles. The molecule has 0 aromatic heterocycles. The van der Waals surface area contributed by atoms with Crippen LogP contribution in [0.3, 0.4) is 0 Å². The fourth-order valence-corrected chi connectivity index (χ4v) is 4.01. The number of piperidine rings is 1. The first kappa shape index (κ1) is 20.2. The van der Waals surface area contributed by atoms with Crippen LogP contribution in [0.1, 0.15) is 30.4 Å². The summed E-state index contributed by atoms with van der Waals surface area (Å²) < 4.78 is 10.8. The van der Waals surface area contributed by atoms with Gasteiger partial charge in [-0.3, -0.25) is 9.69 Å². The Bertz CT molecular complexity index is 756. The number of likely N-dealkylation sites (tertiary alicyclic amines) is 1. The van der Waals surface area contributed by atoms with Crippen LogP contribution >= 0.6 is 0 Å². The van der Waals surface area contributed by atoms with Gasteiger partial charge >= 0.3 is 0 Å². The Morgan fingerprint density at radius 3 is 2.36 bits per heavy atom. The second kappa shape index (κ2) is 9.60. The van der Waals surface area contributed by atoms with Crippen molar-refractivity contribution in [3.8, 4) is 11.5 Å². The van der Waals surface area contributed by atoms with Crippen molar-refractivity contribution >= 4 is 5.91 Å². The summed E-state index contributed by atoms with van der Waals surface area (Å²) in [5.41, 5.74) is 2.42. The van der Waals surface area contributed by atoms with E-state index in [1.165, 1.54) is 5.56 Å². The Labute approximate surface area is 167 Å². The molecular weight excluding hydrogens is 352 g/mol. The van der Waals surface area contributed by atoms with Crippen molar-refractivity contribution in [1.82, 2.24) is 10.2 Å². The molecule has 28 heavy (non-hydrogen) atoms. The van der Waals surface area contributed by atoms with Gasteiger partial charge < -0.3 is 14.8 Å². The van der Waals surface area contributed by atoms with E-state index in [0.717, 1.165) is 43.1 Å². The number of hydrogen-bond acceptors (Lipinski definition) is 4. The van der Waals surface area contributed by atoms with Crippen LogP contribution < -0.4 is 14.8 Å². The first-order chi connectivity index (χ1) is 13.6. The van der Waals surface area contributed by atoms with Gasteiger partial charge in [-0.05, 0) is 42.5 Å². The number of methoxy groups -OCH3 is 2. The second-order valence-corrected chi connectivity index (χ2v) is 7.35. The van der Waals surface area contributed by atoms with Gasteiger partial charge in [-0.25, -0.2) is 0 Å². The number of rotatable bonds is 7. The van der Waals surface area contributed by atoms with E-state index in [9.17, 15) is 4.79 Å². The molecule has 2 atom stereocenters. The van der Waals surface area contributed by atoms with E-state index in [1.807, 2.05) is 31.2 Å². The Balaban J connectivity index is 1.81. The lowest BCUT2D eigenvalue weighted by Gasteiger charge is -2.37. The maximum Gasteiger partial charge on any atom is 0.224 e. The van der Waals surface area contributed by atoms with Crippen molar-refractivity contribution in [1.29, 1.82) is 0 Å². The van der Waals surface area contributed by atoms with Crippen LogP contribution in [-0.4, -0.2) is 44.7 Å². The van der Waals surface area contributed by atoms with Gasteiger partial charge in [0.1, 0.15) is 11.5 Å². The zero-order valence-electron chi connectivity index (χ0n) is 17.0. The number of nitrogens with one attached hydrogen (secondary N) is 1. The smallest absolute Gasteiger partial charge is 0.224 e. The lowest BCUT2D eigenvalue weighted by atomic mass is 9.84. The van der Waals surface area contributed by atoms with E-state index < -0.39 is 0 Å². The van der Waals surface area contributed by atoms with Crippen molar-refractivity contribution in [2.45, 2.75) is 25.8 Å². The van der Waals surface area contributed by atoms with Crippen LogP contribution in [-0.2, 0) is 11.3 Å². The molecule has 5 heteroatoms. The zero-order chi connectivity index (χ0) is 19.9. The minimum atomic E-state index is -0.00795. The second-order valence-electron chi connectivity index (χ2n) is 7.35. The normalized spacial score (nSPS) is 19.8. The SMILES string of the molecule is CCNC(=O)C1CC(c2ccccc2)CN(Cc2cc(OC)cc(OC)c2)C1. The minimum Gasteiger partial charge on any atom is -0.497 e. The molecular formula is C23H30N2O3. The zero-order valence-corrected chi connectivity index (χ0v) is 17.0. The molecule has 1 heterocycles. The Morgan fingerprint density at radius 1 is 1.07 bits per heavy atom. The lowest BCUT2D eigenvalue weighted by molar-refractivity contribution is -0.127. The van der Waals surface area contributed by atoms with Gasteiger partial charge in [0.2, 0.25) is 5.91 Å². The molecule has 0 aliphatic carbocycles. The summed E-state index contributed by atoms with van der Waals surface area (Å²) in [4.78, 5) is 15.0. The maximum absolute atomic E-state index is 12.6. The fraction of sp³-hybridized carbons (Fsp3) is 0.435. The van der Waals surface area contributed by atoms with Gasteiger partial charge in [0.05, 0.1) is 20.1 Å². The number of hydrogen-bond donors (Lipinski definition) is 1. The monoisotopic (exact) mass is 382 g/mol. The third-order valence-electron chi connectivity index (χ3n) is 5.34. The summed E-state index contributed by atoms with van der Waals surface area (Å²) in [6, 6.07) is 16.5. The summed E-state index contributed by atoms with van der Waals surface area (Å²) in [6.45, 7) is 5.08. The van der Waals surface area contributed by atoms with Crippen LogP contribution in [0, 0.1) is 5.92 Å². The first-order valence-corrected chi connectivity index (χ1v) is 9.89. The van der Waals surface area contributed by atoms with Gasteiger partial charge in [-0.15, -0.1) is 0 Å². The van der Waals surface area contributed by atoms with Crippen LogP contribution in [0.25, 0.3) is 0 Å². The van der Waals surface area contributed by atoms with Gasteiger partial charge in [0.15, 0.2) is 0 Å². The van der Waals surface area contributed by atoms with Crippen molar-refractivity contribution in [2.24, 2.45) is 5.92 Å². The fourth-order valence-electron chi connectivity index (χ4n) is 4.01. The van der Waals surface area contributed by atoms with Crippen molar-refractivity contribution in [2.75, 3.05) is 33.9 Å². The van der Waals surface area contributed by atoms with E-state index in [4.69, 9.17) is 9.47 Å². The third kappa shape index (κ3) is 5.04. The van der Waals surface area contributed by atoms with Gasteiger partial charge in [-0.2, -0.15) is 0 Å². The highest BCUT2D eigenvalue weighted by molar-refractivity contribution is 5.79. The summed E-state index contributed by atoms with van der Waals surface area (Å²) in [6.07, 6.45) is 0.883. The Hall–Kier alpha value is -2.53. The molecule has 0 saturated carbocycles. The van der Waals surface area contributed by atoms with Crippen LogP contribution in [0.15, 0.2) is 48.5 Å². The predicted octanol–water partition coefficient (Wildman–Crippen LogP) is 3.45. The van der Waals surface area contributed by atoms with Gasteiger partial charge in [0, 0.05) is 32.2 Å². The molecule has 1 N–H and O–H groups in total. The van der Waals surface area contributed by atoms with Crippen molar-refractivity contribution in [3.63, 3.8) is 0 Å². The number of carbonyl (C=O) groups is 1. The summed E-state index contributed by atoms with van der Waals surface area (Å²) in [5, 5.41) is 3.00. The molecule has 1 saturated heterocycles. The molecule has 150 valence electrons. The van der Waals surface area contributed by atoms with Crippen molar-refractivity contribution < 1.29 is 14.3 Å². The number of amides is 1. The first-order valence-electron chi connectivity index (χ1n) is 9.89. The molecule has 1 aliphatic rings. The number of ether oxygens (including phenoxy) is 2. The molecule has 1 fully saturated rings. The summed E-state index contributed by atoms with van der Waals surface area (Å²) >= 11 is 0. The largest absolute Gasteiger partial charge is 0.497 e. The standard InChI is InChI=1S/C23H30N2O3/c1-4-24-23(26)20-12-19(18-8-6-5-7-9-18)15-25(16-20)14-17-10-21(27-2)13-22(11-17)28-3/h5-11,13,19-20H,4,12,14-16H2,1-3H3,(H,24,26). The Morgan fingerprint density at radius 2 is 1.75 bits per heavy atom. The van der Waals surface area contributed by atoms with Crippen LogP contribution in [0.5, 0.6) is 11.5 Å². The van der Waals surface area contributed by atoms with Gasteiger partial charge in [-0.1, -0.05) is 30.3 Å². The molecule has 2 unspecified atom stereocenters. The number of carbonyl (C=O) groups excluding carboxylic acids is 1. The average Bonchev–Trinajstić information content (AvgIpc) is 2.74. The highest BCUT2D eigenvalue weighted by atomic mass is 16.5. The quantitative estimate of drug-likeness (QED) is 0.797. The molecule has 1 amide bonds. The minimum absolute atomic E-state index is 0.00795. The maximum atomic E-state index is 12.6. The van der Waals surface area contributed by atoms with E-state index in [0.29, 0.717) is 12.5 Å². The summed E-state index contributed by atoms with van der Waals surface area (Å²) in [5.74, 6) is 2.05. The highest BCUT2D eigenvalue weighted by Gasteiger charge is 2.32. The van der Waals surface area contributed by atoms with Crippen LogP contribution in [0.2, 0.25) is 0 Å². The average molecular weight is 383 g/mol. The van der Waals surface area contributed by atoms with E-state index >= 15 is 0 Å². The van der Waals surface area contributed by atoms with E-state index in [1.54, 1.807) is 14.2 Å². The lowest BCUT2D eigenvalue weighted by Crippen LogP contribution is -2.45. The molecule has 1 aliphatic heterocycles. The molecule has 0 radical (unpaired) electrons. The molecule has 0 bridgehead atoms. The molecule has 3 rings (SSSR count). The predicted molar refractivity (Wildman–Crippen MR) is 111 cm³/mol. The number of nitrogens with zero attached hydrogens (tertiary/aromatic N) is 1. The third-order valence-corrected chi connectivity index (χ3v) is 5.34. The Kier molecular flexibility index (Phi) is 6.93. The summed E-state index contributed by atoms with van der Waals surface area (Å²) in [7, 11) is 3.33. The molecule has 2 aromatic rings. The van der Waals surface area contributed by atoms with Crippen LogP contribution in [0.4, 0.5) is 0 Å². The van der Waals surface area contributed by atoms with Crippen molar-refractivity contribution in [3.05, 3.63) is 59.7 Å².